The zero-order valence-corrected chi connectivity index (χ0v) is 14.7. The molecule has 0 saturated carbocycles. The van der Waals surface area contributed by atoms with E-state index in [-0.39, 0.29) is 18.3 Å². The number of nitrogens with one attached hydrogen (secondary N) is 1. The van der Waals surface area contributed by atoms with Crippen LogP contribution in [-0.4, -0.2) is 17.5 Å². The van der Waals surface area contributed by atoms with Gasteiger partial charge in [0.2, 0.25) is 0 Å². The molecule has 2 aromatic carbocycles. The molecule has 3 rings (SSSR count). The molecule has 1 N–H and O–H groups in total. The van der Waals surface area contributed by atoms with Crippen molar-refractivity contribution >= 4 is 22.4 Å². The summed E-state index contributed by atoms with van der Waals surface area (Å²) in [5.41, 5.74) is 2.68. The Morgan fingerprint density at radius 1 is 1.12 bits per heavy atom. The summed E-state index contributed by atoms with van der Waals surface area (Å²) in [7, 11) is 0. The number of carbonyl (C=O) groups is 1. The van der Waals surface area contributed by atoms with Crippen LogP contribution in [0.2, 0.25) is 0 Å². The Balaban J connectivity index is 1.62. The van der Waals surface area contributed by atoms with Gasteiger partial charge in [0.25, 0.3) is 5.91 Å². The molecule has 0 saturated heterocycles. The zero-order chi connectivity index (χ0) is 17.8. The maximum Gasteiger partial charge on any atom is 0.264 e. The number of benzene rings is 2. The predicted octanol–water partition coefficient (Wildman–Crippen LogP) is 4.58. The highest BCUT2D eigenvalue weighted by Gasteiger charge is 2.12. The smallest absolute Gasteiger partial charge is 0.264 e. The molecule has 0 aliphatic heterocycles. The molecule has 0 spiro atoms. The highest BCUT2D eigenvalue weighted by Crippen LogP contribution is 2.30. The first kappa shape index (κ1) is 17.1. The SMILES string of the molecule is Cc1ccc(OCC(=O)Nc2nc(-c3ccc(F)cc3)c(C)s2)cc1. The van der Waals surface area contributed by atoms with Crippen LogP contribution in [-0.2, 0) is 4.79 Å². The van der Waals surface area contributed by atoms with Crippen molar-refractivity contribution in [1.82, 2.24) is 4.98 Å². The maximum atomic E-state index is 13.0. The maximum absolute atomic E-state index is 13.0. The Morgan fingerprint density at radius 2 is 1.80 bits per heavy atom. The average Bonchev–Trinajstić information content (AvgIpc) is 2.95. The van der Waals surface area contributed by atoms with Gasteiger partial charge in [-0.3, -0.25) is 10.1 Å². The molecule has 0 radical (unpaired) electrons. The van der Waals surface area contributed by atoms with Gasteiger partial charge in [-0.1, -0.05) is 17.7 Å². The lowest BCUT2D eigenvalue weighted by Gasteiger charge is -2.05. The van der Waals surface area contributed by atoms with E-state index in [9.17, 15) is 9.18 Å². The molecule has 1 amide bonds. The lowest BCUT2D eigenvalue weighted by Crippen LogP contribution is -2.20. The fourth-order valence-electron chi connectivity index (χ4n) is 2.26. The molecule has 25 heavy (non-hydrogen) atoms. The first-order valence-corrected chi connectivity index (χ1v) is 8.55. The molecule has 0 fully saturated rings. The quantitative estimate of drug-likeness (QED) is 0.728. The summed E-state index contributed by atoms with van der Waals surface area (Å²) in [4.78, 5) is 17.4. The fourth-order valence-corrected chi connectivity index (χ4v) is 3.12. The Labute approximate surface area is 149 Å². The number of anilines is 1. The number of hydrogen-bond donors (Lipinski definition) is 1. The molecule has 0 aliphatic rings. The molecule has 0 atom stereocenters. The third kappa shape index (κ3) is 4.42. The van der Waals surface area contributed by atoms with Crippen LogP contribution in [0.4, 0.5) is 9.52 Å². The van der Waals surface area contributed by atoms with Gasteiger partial charge in [0.05, 0.1) is 5.69 Å². The number of ether oxygens (including phenoxy) is 1. The molecule has 0 bridgehead atoms. The van der Waals surface area contributed by atoms with Crippen molar-refractivity contribution in [3.63, 3.8) is 0 Å². The van der Waals surface area contributed by atoms with E-state index in [1.54, 1.807) is 12.1 Å². The van der Waals surface area contributed by atoms with Gasteiger partial charge in [0.15, 0.2) is 11.7 Å². The standard InChI is InChI=1S/C19H17FN2O2S/c1-12-3-9-16(10-4-12)24-11-17(23)21-19-22-18(13(2)25-19)14-5-7-15(20)8-6-14/h3-10H,11H2,1-2H3,(H,21,22,23). The Bertz CT molecular complexity index is 873. The number of rotatable bonds is 5. The summed E-state index contributed by atoms with van der Waals surface area (Å²) in [6.07, 6.45) is 0. The first-order valence-electron chi connectivity index (χ1n) is 7.74. The van der Waals surface area contributed by atoms with Crippen LogP contribution in [0, 0.1) is 19.7 Å². The zero-order valence-electron chi connectivity index (χ0n) is 13.9. The Kier molecular flexibility index (Phi) is 5.09. The van der Waals surface area contributed by atoms with Gasteiger partial charge < -0.3 is 4.74 Å². The van der Waals surface area contributed by atoms with Crippen LogP contribution in [0.15, 0.2) is 48.5 Å². The molecule has 128 valence electrons. The minimum absolute atomic E-state index is 0.0897. The number of carbonyl (C=O) groups excluding carboxylic acids is 1. The second-order valence-corrected chi connectivity index (χ2v) is 6.78. The summed E-state index contributed by atoms with van der Waals surface area (Å²) in [6, 6.07) is 13.6. The average molecular weight is 356 g/mol. The molecule has 1 heterocycles. The van der Waals surface area contributed by atoms with Crippen molar-refractivity contribution in [2.24, 2.45) is 0 Å². The number of thiazole rings is 1. The molecular weight excluding hydrogens is 339 g/mol. The largest absolute Gasteiger partial charge is 0.484 e. The number of aromatic nitrogens is 1. The van der Waals surface area contributed by atoms with Gasteiger partial charge in [-0.2, -0.15) is 0 Å². The number of amides is 1. The number of nitrogens with zero attached hydrogens (tertiary/aromatic N) is 1. The summed E-state index contributed by atoms with van der Waals surface area (Å²) >= 11 is 1.37. The van der Waals surface area contributed by atoms with E-state index in [0.717, 1.165) is 21.7 Å². The van der Waals surface area contributed by atoms with Crippen LogP contribution in [0.3, 0.4) is 0 Å². The molecule has 6 heteroatoms. The van der Waals surface area contributed by atoms with E-state index in [4.69, 9.17) is 4.74 Å². The summed E-state index contributed by atoms with van der Waals surface area (Å²) in [5.74, 6) is 0.0708. The van der Waals surface area contributed by atoms with Gasteiger partial charge >= 0.3 is 0 Å². The highest BCUT2D eigenvalue weighted by molar-refractivity contribution is 7.16. The Morgan fingerprint density at radius 3 is 2.48 bits per heavy atom. The van der Waals surface area contributed by atoms with Crippen molar-refractivity contribution in [3.05, 3.63) is 64.8 Å². The van der Waals surface area contributed by atoms with Crippen LogP contribution < -0.4 is 10.1 Å². The van der Waals surface area contributed by atoms with Crippen molar-refractivity contribution in [3.8, 4) is 17.0 Å². The number of halogens is 1. The van der Waals surface area contributed by atoms with Gasteiger partial charge in [-0.05, 0) is 50.2 Å². The van der Waals surface area contributed by atoms with Crippen molar-refractivity contribution in [1.29, 1.82) is 0 Å². The second-order valence-electron chi connectivity index (χ2n) is 5.58. The number of aryl methyl sites for hydroxylation is 2. The van der Waals surface area contributed by atoms with Crippen molar-refractivity contribution in [2.75, 3.05) is 11.9 Å². The third-order valence-corrected chi connectivity index (χ3v) is 4.44. The molecule has 1 aromatic heterocycles. The normalized spacial score (nSPS) is 10.5. The van der Waals surface area contributed by atoms with Crippen LogP contribution in [0.1, 0.15) is 10.4 Å². The van der Waals surface area contributed by atoms with Crippen molar-refractivity contribution in [2.45, 2.75) is 13.8 Å². The summed E-state index contributed by atoms with van der Waals surface area (Å²) in [6.45, 7) is 3.81. The lowest BCUT2D eigenvalue weighted by atomic mass is 10.1. The van der Waals surface area contributed by atoms with E-state index in [1.807, 2.05) is 38.1 Å². The van der Waals surface area contributed by atoms with Gasteiger partial charge in [-0.25, -0.2) is 9.37 Å². The van der Waals surface area contributed by atoms with E-state index < -0.39 is 0 Å². The number of hydrogen-bond acceptors (Lipinski definition) is 4. The van der Waals surface area contributed by atoms with Gasteiger partial charge in [0.1, 0.15) is 11.6 Å². The third-order valence-electron chi connectivity index (χ3n) is 3.55. The predicted molar refractivity (Wildman–Crippen MR) is 97.5 cm³/mol. The van der Waals surface area contributed by atoms with Crippen molar-refractivity contribution < 1.29 is 13.9 Å². The second kappa shape index (κ2) is 7.44. The molecular formula is C19H17FN2O2S. The Hall–Kier alpha value is -2.73. The van der Waals surface area contributed by atoms with Gasteiger partial charge in [-0.15, -0.1) is 11.3 Å². The van der Waals surface area contributed by atoms with Crippen LogP contribution in [0.5, 0.6) is 5.75 Å². The molecule has 3 aromatic rings. The van der Waals surface area contributed by atoms with E-state index in [1.165, 1.54) is 23.5 Å². The van der Waals surface area contributed by atoms with E-state index in [2.05, 4.69) is 10.3 Å². The molecule has 0 aliphatic carbocycles. The summed E-state index contributed by atoms with van der Waals surface area (Å²) in [5, 5.41) is 3.23. The highest BCUT2D eigenvalue weighted by atomic mass is 32.1. The topological polar surface area (TPSA) is 51.2 Å². The minimum Gasteiger partial charge on any atom is -0.484 e. The van der Waals surface area contributed by atoms with E-state index in [0.29, 0.717) is 10.9 Å². The summed E-state index contributed by atoms with van der Waals surface area (Å²) < 4.78 is 18.5. The molecule has 4 nitrogen and oxygen atoms in total. The van der Waals surface area contributed by atoms with Gasteiger partial charge in [0, 0.05) is 10.4 Å². The lowest BCUT2D eigenvalue weighted by molar-refractivity contribution is -0.118. The fraction of sp³-hybridized carbons (Fsp3) is 0.158. The molecule has 0 unspecified atom stereocenters. The van der Waals surface area contributed by atoms with E-state index >= 15 is 0 Å². The monoisotopic (exact) mass is 356 g/mol. The van der Waals surface area contributed by atoms with Crippen LogP contribution in [0.25, 0.3) is 11.3 Å². The van der Waals surface area contributed by atoms with Crippen LogP contribution >= 0.6 is 11.3 Å². The minimum atomic E-state index is -0.293. The first-order chi connectivity index (χ1) is 12.0.